The zero-order valence-corrected chi connectivity index (χ0v) is 10.4. The van der Waals surface area contributed by atoms with Crippen LogP contribution in [0.25, 0.3) is 0 Å². The first-order valence-corrected chi connectivity index (χ1v) is 5.37. The Balaban J connectivity index is 2.86. The van der Waals surface area contributed by atoms with E-state index in [1.54, 1.807) is 18.2 Å². The van der Waals surface area contributed by atoms with Gasteiger partial charge in [0, 0.05) is 3.57 Å². The highest BCUT2D eigenvalue weighted by molar-refractivity contribution is 14.1. The topological polar surface area (TPSA) is 12.0 Å². The van der Waals surface area contributed by atoms with E-state index in [4.69, 9.17) is 11.6 Å². The SMILES string of the molecule is C=C(Nc1ccc(I)cc1Cl)/C(F)=C/F. The zero-order valence-electron chi connectivity index (χ0n) is 7.53. The summed E-state index contributed by atoms with van der Waals surface area (Å²) in [5, 5.41) is 3.00. The Morgan fingerprint density at radius 1 is 1.53 bits per heavy atom. The molecule has 1 rings (SSSR count). The second kappa shape index (κ2) is 5.46. The molecular weight excluding hydrogens is 334 g/mol. The van der Waals surface area contributed by atoms with Gasteiger partial charge in [0.1, 0.15) is 6.33 Å². The highest BCUT2D eigenvalue weighted by atomic mass is 127. The van der Waals surface area contributed by atoms with E-state index in [-0.39, 0.29) is 12.0 Å². The summed E-state index contributed by atoms with van der Waals surface area (Å²) < 4.78 is 25.5. The van der Waals surface area contributed by atoms with E-state index in [0.29, 0.717) is 10.7 Å². The second-order valence-electron chi connectivity index (χ2n) is 2.68. The highest BCUT2D eigenvalue weighted by Gasteiger charge is 2.05. The molecule has 1 aromatic carbocycles. The quantitative estimate of drug-likeness (QED) is 0.623. The lowest BCUT2D eigenvalue weighted by atomic mass is 10.3. The minimum atomic E-state index is -1.05. The van der Waals surface area contributed by atoms with Crippen molar-refractivity contribution in [2.45, 2.75) is 0 Å². The summed E-state index contributed by atoms with van der Waals surface area (Å²) in [6.07, 6.45) is -0.157. The Kier molecular flexibility index (Phi) is 4.53. The fraction of sp³-hybridized carbons (Fsp3) is 0. The van der Waals surface area contributed by atoms with E-state index >= 15 is 0 Å². The van der Waals surface area contributed by atoms with Crippen LogP contribution in [-0.2, 0) is 0 Å². The number of anilines is 1. The molecule has 1 N–H and O–H groups in total. The predicted molar refractivity (Wildman–Crippen MR) is 67.2 cm³/mol. The number of hydrogen-bond donors (Lipinski definition) is 1. The molecule has 0 spiro atoms. The van der Waals surface area contributed by atoms with Crippen LogP contribution in [0.5, 0.6) is 0 Å². The maximum absolute atomic E-state index is 12.7. The maximum atomic E-state index is 12.7. The summed E-state index contributed by atoms with van der Waals surface area (Å²) in [6.45, 7) is 3.33. The number of hydrogen-bond acceptors (Lipinski definition) is 1. The van der Waals surface area contributed by atoms with Crippen molar-refractivity contribution < 1.29 is 8.78 Å². The Labute approximate surface area is 105 Å². The number of allylic oxidation sites excluding steroid dienone is 1. The van der Waals surface area contributed by atoms with Crippen LogP contribution in [0.4, 0.5) is 14.5 Å². The molecule has 0 aliphatic heterocycles. The summed E-state index contributed by atoms with van der Waals surface area (Å²) in [6, 6.07) is 5.16. The van der Waals surface area contributed by atoms with Crippen LogP contribution in [0.2, 0.25) is 5.02 Å². The van der Waals surface area contributed by atoms with Crippen molar-refractivity contribution in [3.8, 4) is 0 Å². The monoisotopic (exact) mass is 341 g/mol. The van der Waals surface area contributed by atoms with Gasteiger partial charge in [-0.2, -0.15) is 0 Å². The van der Waals surface area contributed by atoms with Gasteiger partial charge in [-0.3, -0.25) is 0 Å². The van der Waals surface area contributed by atoms with Gasteiger partial charge in [-0.25, -0.2) is 8.78 Å². The van der Waals surface area contributed by atoms with Crippen LogP contribution in [0.15, 0.2) is 42.6 Å². The van der Waals surface area contributed by atoms with Gasteiger partial charge in [-0.1, -0.05) is 18.2 Å². The first kappa shape index (κ1) is 12.4. The minimum absolute atomic E-state index is 0.157. The number of rotatable bonds is 3. The van der Waals surface area contributed by atoms with E-state index < -0.39 is 5.83 Å². The molecule has 0 aliphatic carbocycles. The summed E-state index contributed by atoms with van der Waals surface area (Å²) in [5.74, 6) is -1.05. The van der Waals surface area contributed by atoms with Crippen LogP contribution < -0.4 is 5.32 Å². The molecule has 1 aromatic rings. The van der Waals surface area contributed by atoms with Crippen molar-refractivity contribution in [3.05, 3.63) is 51.2 Å². The van der Waals surface area contributed by atoms with Gasteiger partial charge < -0.3 is 5.32 Å². The van der Waals surface area contributed by atoms with Crippen molar-refractivity contribution in [1.29, 1.82) is 0 Å². The molecule has 0 aromatic heterocycles. The third kappa shape index (κ3) is 3.46. The molecule has 0 saturated carbocycles. The fourth-order valence-corrected chi connectivity index (χ4v) is 1.78. The van der Waals surface area contributed by atoms with Gasteiger partial charge in [-0.05, 0) is 40.8 Å². The van der Waals surface area contributed by atoms with E-state index in [2.05, 4.69) is 34.5 Å². The summed E-state index contributed by atoms with van der Waals surface area (Å²) in [4.78, 5) is 0. The van der Waals surface area contributed by atoms with Gasteiger partial charge in [0.15, 0.2) is 5.83 Å². The van der Waals surface area contributed by atoms with Gasteiger partial charge in [0.2, 0.25) is 0 Å². The zero-order chi connectivity index (χ0) is 11.4. The maximum Gasteiger partial charge on any atom is 0.174 e. The Hall–Kier alpha value is -0.620. The van der Waals surface area contributed by atoms with Crippen molar-refractivity contribution >= 4 is 39.9 Å². The molecule has 0 amide bonds. The average Bonchev–Trinajstić information content (AvgIpc) is 2.20. The fourth-order valence-electron chi connectivity index (χ4n) is 0.879. The van der Waals surface area contributed by atoms with Gasteiger partial charge in [-0.15, -0.1) is 0 Å². The molecular formula is C10H7ClF2IN. The molecule has 0 radical (unpaired) electrons. The molecule has 1 nitrogen and oxygen atoms in total. The van der Waals surface area contributed by atoms with Gasteiger partial charge in [0.05, 0.1) is 16.4 Å². The lowest BCUT2D eigenvalue weighted by Gasteiger charge is -2.09. The Morgan fingerprint density at radius 2 is 2.20 bits per heavy atom. The first-order valence-electron chi connectivity index (χ1n) is 3.92. The van der Waals surface area contributed by atoms with E-state index in [1.165, 1.54) is 0 Å². The molecule has 0 fully saturated rings. The van der Waals surface area contributed by atoms with Crippen molar-refractivity contribution in [1.82, 2.24) is 0 Å². The number of nitrogens with one attached hydrogen (secondary N) is 1. The first-order chi connectivity index (χ1) is 7.04. The van der Waals surface area contributed by atoms with E-state index in [1.807, 2.05) is 0 Å². The minimum Gasteiger partial charge on any atom is -0.352 e. The van der Waals surface area contributed by atoms with Crippen LogP contribution in [0.1, 0.15) is 0 Å². The van der Waals surface area contributed by atoms with Crippen molar-refractivity contribution in [2.75, 3.05) is 5.32 Å². The third-order valence-corrected chi connectivity index (χ3v) is 2.58. The standard InChI is InChI=1S/C10H7ClF2IN/c1-6(9(13)5-12)15-10-3-2-7(14)4-8(10)11/h2-5,15H,1H2/b9-5-. The Morgan fingerprint density at radius 3 is 2.73 bits per heavy atom. The summed E-state index contributed by atoms with van der Waals surface area (Å²) >= 11 is 7.97. The molecule has 0 saturated heterocycles. The Bertz CT molecular complexity index is 418. The highest BCUT2D eigenvalue weighted by Crippen LogP contribution is 2.26. The van der Waals surface area contributed by atoms with Gasteiger partial charge in [0.25, 0.3) is 0 Å². The molecule has 0 heterocycles. The van der Waals surface area contributed by atoms with E-state index in [9.17, 15) is 8.78 Å². The molecule has 0 aliphatic rings. The van der Waals surface area contributed by atoms with E-state index in [0.717, 1.165) is 3.57 Å². The van der Waals surface area contributed by atoms with Crippen molar-refractivity contribution in [2.24, 2.45) is 0 Å². The summed E-state index contributed by atoms with van der Waals surface area (Å²) in [7, 11) is 0. The largest absolute Gasteiger partial charge is 0.352 e. The third-order valence-electron chi connectivity index (χ3n) is 1.60. The lowest BCUT2D eigenvalue weighted by Crippen LogP contribution is -1.99. The van der Waals surface area contributed by atoms with Crippen molar-refractivity contribution in [3.63, 3.8) is 0 Å². The van der Waals surface area contributed by atoms with Crippen LogP contribution in [0, 0.1) is 3.57 Å². The molecule has 0 unspecified atom stereocenters. The lowest BCUT2D eigenvalue weighted by molar-refractivity contribution is 0.597. The molecule has 80 valence electrons. The molecule has 0 bridgehead atoms. The second-order valence-corrected chi connectivity index (χ2v) is 4.34. The molecule has 5 heteroatoms. The predicted octanol–water partition coefficient (Wildman–Crippen LogP) is 4.65. The molecule has 15 heavy (non-hydrogen) atoms. The van der Waals surface area contributed by atoms with Crippen LogP contribution >= 0.6 is 34.2 Å². The smallest absolute Gasteiger partial charge is 0.174 e. The van der Waals surface area contributed by atoms with Crippen LogP contribution in [0.3, 0.4) is 0 Å². The average molecular weight is 342 g/mol. The normalized spacial score (nSPS) is 11.3. The summed E-state index contributed by atoms with van der Waals surface area (Å²) in [5.41, 5.74) is 0.319. The number of benzene rings is 1. The number of halogens is 4. The van der Waals surface area contributed by atoms with Gasteiger partial charge >= 0.3 is 0 Å². The van der Waals surface area contributed by atoms with Crippen LogP contribution in [-0.4, -0.2) is 0 Å². The molecule has 0 atom stereocenters.